The summed E-state index contributed by atoms with van der Waals surface area (Å²) in [4.78, 5) is 15.1. The summed E-state index contributed by atoms with van der Waals surface area (Å²) in [7, 11) is 0.0188. The first-order valence-corrected chi connectivity index (χ1v) is 11.7. The van der Waals surface area contributed by atoms with Gasteiger partial charge in [-0.2, -0.15) is 0 Å². The Hall–Kier alpha value is -2.51. The molecule has 8 heteroatoms. The molecule has 0 N–H and O–H groups in total. The summed E-state index contributed by atoms with van der Waals surface area (Å²) in [5.74, 6) is 0.644. The zero-order chi connectivity index (χ0) is 21.5. The van der Waals surface area contributed by atoms with Crippen LogP contribution in [0.25, 0.3) is 10.9 Å². The largest absolute Gasteiger partial charge is 0.497 e. The average molecular weight is 447 g/mol. The minimum Gasteiger partial charge on any atom is -0.497 e. The second kappa shape index (κ2) is 7.96. The Labute approximate surface area is 180 Å². The van der Waals surface area contributed by atoms with Gasteiger partial charge in [0, 0.05) is 36.6 Å². The van der Waals surface area contributed by atoms with Crippen LogP contribution in [-0.4, -0.2) is 49.2 Å². The molecule has 1 aliphatic heterocycles. The molecule has 1 amide bonds. The number of carbonyl (C=O) groups is 1. The van der Waals surface area contributed by atoms with Crippen molar-refractivity contribution in [3.63, 3.8) is 0 Å². The van der Waals surface area contributed by atoms with Crippen molar-refractivity contribution < 1.29 is 17.9 Å². The number of benzene rings is 2. The lowest BCUT2D eigenvalue weighted by Crippen LogP contribution is -2.43. The lowest BCUT2D eigenvalue weighted by atomic mass is 10.1. The minimum atomic E-state index is -3.44. The number of rotatable bonds is 4. The molecule has 158 valence electrons. The topological polar surface area (TPSA) is 68.6 Å². The lowest BCUT2D eigenvalue weighted by molar-refractivity contribution is 0.0716. The first kappa shape index (κ1) is 20.8. The number of ether oxygens (including phenoxy) is 1. The molecule has 0 atom stereocenters. The smallest absolute Gasteiger partial charge is 0.270 e. The highest BCUT2D eigenvalue weighted by Crippen LogP contribution is 2.28. The van der Waals surface area contributed by atoms with Crippen molar-refractivity contribution in [2.24, 2.45) is 7.05 Å². The number of methoxy groups -OCH3 is 1. The van der Waals surface area contributed by atoms with Crippen molar-refractivity contribution >= 4 is 38.2 Å². The summed E-state index contributed by atoms with van der Waals surface area (Å²) in [6.07, 6.45) is 0.822. The van der Waals surface area contributed by atoms with Crippen LogP contribution in [0.1, 0.15) is 23.3 Å². The van der Waals surface area contributed by atoms with Gasteiger partial charge in [-0.25, -0.2) is 8.42 Å². The second-order valence-corrected chi connectivity index (χ2v) is 10.2. The summed E-state index contributed by atoms with van der Waals surface area (Å²) in [6.45, 7) is 0.808. The van der Waals surface area contributed by atoms with Gasteiger partial charge < -0.3 is 14.2 Å². The zero-order valence-corrected chi connectivity index (χ0v) is 18.4. The summed E-state index contributed by atoms with van der Waals surface area (Å²) < 4.78 is 33.0. The van der Waals surface area contributed by atoms with Gasteiger partial charge in [0.25, 0.3) is 5.91 Å². The maximum absolute atomic E-state index is 13.1. The van der Waals surface area contributed by atoms with Crippen molar-refractivity contribution in [1.29, 1.82) is 0 Å². The fourth-order valence-electron chi connectivity index (χ4n) is 3.99. The number of fused-ring (bicyclic) bond motifs is 1. The predicted octanol–water partition coefficient (Wildman–Crippen LogP) is 3.92. The van der Waals surface area contributed by atoms with Crippen molar-refractivity contribution in [3.05, 3.63) is 59.2 Å². The summed E-state index contributed by atoms with van der Waals surface area (Å²) in [6, 6.07) is 13.8. The number of carbonyl (C=O) groups excluding carboxylic acids is 1. The highest BCUT2D eigenvalue weighted by Gasteiger charge is 2.33. The Balaban J connectivity index is 1.50. The molecule has 4 rings (SSSR count). The number of halogens is 1. The number of aryl methyl sites for hydroxylation is 1. The number of piperidine rings is 1. The van der Waals surface area contributed by atoms with Crippen molar-refractivity contribution in [2.45, 2.75) is 23.0 Å². The van der Waals surface area contributed by atoms with Gasteiger partial charge >= 0.3 is 0 Å². The summed E-state index contributed by atoms with van der Waals surface area (Å²) >= 11 is 5.87. The number of nitrogens with zero attached hydrogens (tertiary/aromatic N) is 2. The monoisotopic (exact) mass is 446 g/mol. The molecule has 0 unspecified atom stereocenters. The molecule has 0 saturated carbocycles. The van der Waals surface area contributed by atoms with Crippen molar-refractivity contribution in [2.75, 3.05) is 20.2 Å². The van der Waals surface area contributed by atoms with E-state index in [4.69, 9.17) is 16.3 Å². The SMILES string of the molecule is COc1ccc2cc(C(=O)N3CCC(S(=O)(=O)c4ccc(Cl)cc4)CC3)n(C)c2c1. The highest BCUT2D eigenvalue weighted by molar-refractivity contribution is 7.92. The lowest BCUT2D eigenvalue weighted by Gasteiger charge is -2.31. The summed E-state index contributed by atoms with van der Waals surface area (Å²) in [5.41, 5.74) is 1.50. The Bertz CT molecular complexity index is 1190. The van der Waals surface area contributed by atoms with Crippen LogP contribution in [0.5, 0.6) is 5.75 Å². The Kier molecular flexibility index (Phi) is 5.51. The predicted molar refractivity (Wildman–Crippen MR) is 117 cm³/mol. The van der Waals surface area contributed by atoms with Gasteiger partial charge in [0.2, 0.25) is 0 Å². The first-order valence-electron chi connectivity index (χ1n) is 9.73. The van der Waals surface area contributed by atoms with Crippen LogP contribution in [0, 0.1) is 0 Å². The van der Waals surface area contributed by atoms with Crippen LogP contribution in [0.3, 0.4) is 0 Å². The van der Waals surface area contributed by atoms with E-state index in [2.05, 4.69) is 0 Å². The van der Waals surface area contributed by atoms with E-state index in [0.29, 0.717) is 36.6 Å². The highest BCUT2D eigenvalue weighted by atomic mass is 35.5. The molecule has 1 saturated heterocycles. The van der Waals surface area contributed by atoms with Crippen LogP contribution in [-0.2, 0) is 16.9 Å². The normalized spacial score (nSPS) is 15.5. The van der Waals surface area contributed by atoms with E-state index in [-0.39, 0.29) is 10.8 Å². The van der Waals surface area contributed by atoms with Crippen LogP contribution < -0.4 is 4.74 Å². The van der Waals surface area contributed by atoms with Crippen LogP contribution in [0.4, 0.5) is 0 Å². The molecule has 3 aromatic rings. The molecule has 2 aromatic carbocycles. The third-order valence-corrected chi connectivity index (χ3v) is 8.31. The van der Waals surface area contributed by atoms with E-state index in [0.717, 1.165) is 16.7 Å². The molecule has 1 aliphatic rings. The van der Waals surface area contributed by atoms with E-state index in [9.17, 15) is 13.2 Å². The van der Waals surface area contributed by atoms with Crippen molar-refractivity contribution in [1.82, 2.24) is 9.47 Å². The number of aromatic nitrogens is 1. The fourth-order valence-corrected chi connectivity index (χ4v) is 5.85. The number of sulfone groups is 1. The standard InChI is InChI=1S/C22H23ClN2O4S/c1-24-20-14-17(29-2)6-3-15(20)13-21(24)22(26)25-11-9-19(10-12-25)30(27,28)18-7-4-16(23)5-8-18/h3-8,13-14,19H,9-12H2,1-2H3. The third kappa shape index (κ3) is 3.68. The quantitative estimate of drug-likeness (QED) is 0.609. The second-order valence-electron chi connectivity index (χ2n) is 7.50. The molecule has 6 nitrogen and oxygen atoms in total. The van der Waals surface area contributed by atoms with Gasteiger partial charge in [-0.15, -0.1) is 0 Å². The van der Waals surface area contributed by atoms with E-state index in [1.807, 2.05) is 35.9 Å². The Morgan fingerprint density at radius 3 is 2.37 bits per heavy atom. The number of hydrogen-bond donors (Lipinski definition) is 0. The van der Waals surface area contributed by atoms with Crippen LogP contribution in [0.2, 0.25) is 5.02 Å². The molecule has 0 radical (unpaired) electrons. The molecule has 0 aliphatic carbocycles. The molecule has 0 bridgehead atoms. The third-order valence-electron chi connectivity index (χ3n) is 5.78. The van der Waals surface area contributed by atoms with Crippen molar-refractivity contribution in [3.8, 4) is 5.75 Å². The number of hydrogen-bond acceptors (Lipinski definition) is 4. The molecule has 0 spiro atoms. The van der Waals surface area contributed by atoms with E-state index in [1.54, 1.807) is 36.3 Å². The molecule has 2 heterocycles. The zero-order valence-electron chi connectivity index (χ0n) is 16.8. The Morgan fingerprint density at radius 2 is 1.73 bits per heavy atom. The van der Waals surface area contributed by atoms with Gasteiger partial charge in [-0.1, -0.05) is 11.6 Å². The molecular weight excluding hydrogens is 424 g/mol. The molecule has 1 fully saturated rings. The Morgan fingerprint density at radius 1 is 1.07 bits per heavy atom. The van der Waals surface area contributed by atoms with Crippen LogP contribution in [0.15, 0.2) is 53.4 Å². The van der Waals surface area contributed by atoms with Gasteiger partial charge in [0.15, 0.2) is 9.84 Å². The number of amides is 1. The van der Waals surface area contributed by atoms with Gasteiger partial charge in [0.1, 0.15) is 11.4 Å². The summed E-state index contributed by atoms with van der Waals surface area (Å²) in [5, 5.41) is 0.961. The molecule has 30 heavy (non-hydrogen) atoms. The molecular formula is C22H23ClN2O4S. The van der Waals surface area contributed by atoms with Gasteiger partial charge in [-0.3, -0.25) is 4.79 Å². The van der Waals surface area contributed by atoms with E-state index in [1.165, 1.54) is 0 Å². The first-order chi connectivity index (χ1) is 14.3. The maximum atomic E-state index is 13.1. The van der Waals surface area contributed by atoms with E-state index >= 15 is 0 Å². The van der Waals surface area contributed by atoms with Gasteiger partial charge in [-0.05, 0) is 55.3 Å². The minimum absolute atomic E-state index is 0.0880. The number of likely N-dealkylation sites (tertiary alicyclic amines) is 1. The van der Waals surface area contributed by atoms with E-state index < -0.39 is 15.1 Å². The van der Waals surface area contributed by atoms with Gasteiger partial charge in [0.05, 0.1) is 22.8 Å². The van der Waals surface area contributed by atoms with Crippen LogP contribution >= 0.6 is 11.6 Å². The fraction of sp³-hybridized carbons (Fsp3) is 0.318. The molecule has 1 aromatic heterocycles. The average Bonchev–Trinajstić information content (AvgIpc) is 3.09. The maximum Gasteiger partial charge on any atom is 0.270 e.